The number of urea groups is 1. The normalized spacial score (nSPS) is 12.0. The Kier molecular flexibility index (Phi) is 5.80. The number of nitrogens with zero attached hydrogens (tertiary/aromatic N) is 3. The third-order valence-corrected chi connectivity index (χ3v) is 3.58. The minimum absolute atomic E-state index is 0.0658. The number of benzene rings is 1. The largest absolute Gasteiger partial charge is 0.395 e. The molecule has 0 radical (unpaired) electrons. The molecular formula is C15H19ClN4O2. The maximum absolute atomic E-state index is 11.9. The molecule has 22 heavy (non-hydrogen) atoms. The molecule has 0 aliphatic rings. The fourth-order valence-corrected chi connectivity index (χ4v) is 2.21. The van der Waals surface area contributed by atoms with Gasteiger partial charge in [0.15, 0.2) is 0 Å². The molecule has 2 aromatic rings. The molecule has 2 rings (SSSR count). The van der Waals surface area contributed by atoms with Gasteiger partial charge in [-0.1, -0.05) is 23.7 Å². The van der Waals surface area contributed by atoms with Crippen molar-refractivity contribution in [1.82, 2.24) is 20.0 Å². The highest BCUT2D eigenvalue weighted by molar-refractivity contribution is 6.30. The van der Waals surface area contributed by atoms with E-state index >= 15 is 0 Å². The zero-order chi connectivity index (χ0) is 15.9. The van der Waals surface area contributed by atoms with E-state index in [0.29, 0.717) is 18.1 Å². The van der Waals surface area contributed by atoms with Crippen LogP contribution in [0.4, 0.5) is 4.79 Å². The molecule has 1 atom stereocenters. The Hall–Kier alpha value is -2.05. The minimum Gasteiger partial charge on any atom is -0.395 e. The lowest BCUT2D eigenvalue weighted by Crippen LogP contribution is -2.41. The van der Waals surface area contributed by atoms with Crippen LogP contribution in [0.1, 0.15) is 11.6 Å². The number of amides is 2. The molecule has 1 unspecified atom stereocenters. The van der Waals surface area contributed by atoms with Crippen LogP contribution in [0.2, 0.25) is 5.02 Å². The van der Waals surface area contributed by atoms with E-state index in [-0.39, 0.29) is 18.7 Å². The van der Waals surface area contributed by atoms with E-state index in [1.165, 1.54) is 4.90 Å². The van der Waals surface area contributed by atoms with Crippen LogP contribution in [0.25, 0.3) is 0 Å². The zero-order valence-electron chi connectivity index (χ0n) is 12.3. The van der Waals surface area contributed by atoms with Gasteiger partial charge in [0.05, 0.1) is 12.6 Å². The fourth-order valence-electron chi connectivity index (χ4n) is 2.08. The smallest absolute Gasteiger partial charge is 0.317 e. The summed E-state index contributed by atoms with van der Waals surface area (Å²) in [6.45, 7) is 0.612. The van der Waals surface area contributed by atoms with Crippen molar-refractivity contribution in [2.45, 2.75) is 6.04 Å². The van der Waals surface area contributed by atoms with E-state index in [1.54, 1.807) is 17.9 Å². The highest BCUT2D eigenvalue weighted by Crippen LogP contribution is 2.19. The van der Waals surface area contributed by atoms with E-state index in [4.69, 9.17) is 16.7 Å². The second-order valence-electron chi connectivity index (χ2n) is 4.88. The SMILES string of the molecule is CN(CCO)C(=O)NCC(c1ccc(Cl)cc1)n1cccn1. The van der Waals surface area contributed by atoms with Crippen LogP contribution in [-0.4, -0.2) is 52.6 Å². The maximum Gasteiger partial charge on any atom is 0.317 e. The summed E-state index contributed by atoms with van der Waals surface area (Å²) in [5.41, 5.74) is 0.998. The molecule has 1 heterocycles. The second kappa shape index (κ2) is 7.82. The molecule has 0 saturated heterocycles. The lowest BCUT2D eigenvalue weighted by molar-refractivity contribution is 0.189. The molecule has 2 amide bonds. The van der Waals surface area contributed by atoms with Crippen molar-refractivity contribution in [3.05, 3.63) is 53.3 Å². The van der Waals surface area contributed by atoms with Gasteiger partial charge in [-0.15, -0.1) is 0 Å². The summed E-state index contributed by atoms with van der Waals surface area (Å²) in [5.74, 6) is 0. The Morgan fingerprint density at radius 2 is 2.18 bits per heavy atom. The van der Waals surface area contributed by atoms with Gasteiger partial charge >= 0.3 is 6.03 Å². The number of likely N-dealkylation sites (N-methyl/N-ethyl adjacent to an activating group) is 1. The summed E-state index contributed by atoms with van der Waals surface area (Å²) in [6, 6.07) is 8.93. The number of carbonyl (C=O) groups excluding carboxylic acids is 1. The Morgan fingerprint density at radius 3 is 2.77 bits per heavy atom. The summed E-state index contributed by atoms with van der Waals surface area (Å²) in [6.07, 6.45) is 3.55. The van der Waals surface area contributed by atoms with Gasteiger partial charge in [-0.05, 0) is 23.8 Å². The lowest BCUT2D eigenvalue weighted by Gasteiger charge is -2.22. The molecule has 0 aliphatic carbocycles. The Morgan fingerprint density at radius 1 is 1.45 bits per heavy atom. The van der Waals surface area contributed by atoms with Crippen molar-refractivity contribution in [1.29, 1.82) is 0 Å². The predicted molar refractivity (Wildman–Crippen MR) is 84.9 cm³/mol. The Bertz CT molecular complexity index is 586. The van der Waals surface area contributed by atoms with Crippen LogP contribution < -0.4 is 5.32 Å². The number of carbonyl (C=O) groups is 1. The number of aliphatic hydroxyl groups is 1. The van der Waals surface area contributed by atoms with Crippen molar-refractivity contribution >= 4 is 17.6 Å². The lowest BCUT2D eigenvalue weighted by atomic mass is 10.1. The minimum atomic E-state index is -0.236. The summed E-state index contributed by atoms with van der Waals surface area (Å²) < 4.78 is 1.79. The molecular weight excluding hydrogens is 304 g/mol. The van der Waals surface area contributed by atoms with E-state index in [0.717, 1.165) is 5.56 Å². The first-order valence-corrected chi connectivity index (χ1v) is 7.34. The van der Waals surface area contributed by atoms with Crippen molar-refractivity contribution in [2.75, 3.05) is 26.7 Å². The molecule has 1 aromatic heterocycles. The zero-order valence-corrected chi connectivity index (χ0v) is 13.1. The van der Waals surface area contributed by atoms with E-state index in [9.17, 15) is 4.79 Å². The van der Waals surface area contributed by atoms with E-state index in [1.807, 2.05) is 36.5 Å². The van der Waals surface area contributed by atoms with Crippen LogP contribution >= 0.6 is 11.6 Å². The number of halogens is 1. The first-order valence-electron chi connectivity index (χ1n) is 6.96. The van der Waals surface area contributed by atoms with Gasteiger partial charge in [0.2, 0.25) is 0 Å². The molecule has 6 nitrogen and oxygen atoms in total. The molecule has 7 heteroatoms. The van der Waals surface area contributed by atoms with Gasteiger partial charge in [0, 0.05) is 37.6 Å². The topological polar surface area (TPSA) is 70.4 Å². The highest BCUT2D eigenvalue weighted by atomic mass is 35.5. The molecule has 0 aliphatic heterocycles. The predicted octanol–water partition coefficient (Wildman–Crippen LogP) is 1.76. The summed E-state index contributed by atoms with van der Waals surface area (Å²) >= 11 is 5.92. The Balaban J connectivity index is 2.09. The van der Waals surface area contributed by atoms with Crippen molar-refractivity contribution < 1.29 is 9.90 Å². The molecule has 0 bridgehead atoms. The van der Waals surface area contributed by atoms with E-state index in [2.05, 4.69) is 10.4 Å². The monoisotopic (exact) mass is 322 g/mol. The molecule has 0 fully saturated rings. The van der Waals surface area contributed by atoms with Crippen molar-refractivity contribution in [2.24, 2.45) is 0 Å². The maximum atomic E-state index is 11.9. The number of rotatable bonds is 6. The van der Waals surface area contributed by atoms with Gasteiger partial charge in [0.25, 0.3) is 0 Å². The van der Waals surface area contributed by atoms with E-state index < -0.39 is 0 Å². The number of nitrogens with one attached hydrogen (secondary N) is 1. The average Bonchev–Trinajstić information content (AvgIpc) is 3.03. The molecule has 2 N–H and O–H groups in total. The molecule has 0 saturated carbocycles. The van der Waals surface area contributed by atoms with Crippen molar-refractivity contribution in [3.63, 3.8) is 0 Å². The van der Waals surface area contributed by atoms with Gasteiger partial charge in [-0.25, -0.2) is 4.79 Å². The Labute approximate surface area is 134 Å². The van der Waals surface area contributed by atoms with Crippen LogP contribution in [0.5, 0.6) is 0 Å². The van der Waals surface area contributed by atoms with Crippen LogP contribution in [0, 0.1) is 0 Å². The van der Waals surface area contributed by atoms with Crippen molar-refractivity contribution in [3.8, 4) is 0 Å². The quantitative estimate of drug-likeness (QED) is 0.851. The average molecular weight is 323 g/mol. The standard InChI is InChI=1S/C15H19ClN4O2/c1-19(9-10-21)15(22)17-11-14(20-8-2-7-18-20)12-3-5-13(16)6-4-12/h2-8,14,21H,9-11H2,1H3,(H,17,22). The first-order chi connectivity index (χ1) is 10.6. The summed E-state index contributed by atoms with van der Waals surface area (Å²) in [5, 5.41) is 16.6. The fraction of sp³-hybridized carbons (Fsp3) is 0.333. The van der Waals surface area contributed by atoms with Gasteiger partial charge in [-0.3, -0.25) is 4.68 Å². The summed E-state index contributed by atoms with van der Waals surface area (Å²) in [7, 11) is 1.64. The number of aromatic nitrogens is 2. The van der Waals surface area contributed by atoms with Gasteiger partial charge in [0.1, 0.15) is 0 Å². The molecule has 1 aromatic carbocycles. The third-order valence-electron chi connectivity index (χ3n) is 3.33. The number of hydrogen-bond acceptors (Lipinski definition) is 3. The van der Waals surface area contributed by atoms with Crippen LogP contribution in [0.15, 0.2) is 42.7 Å². The highest BCUT2D eigenvalue weighted by Gasteiger charge is 2.16. The van der Waals surface area contributed by atoms with Gasteiger partial charge < -0.3 is 15.3 Å². The van der Waals surface area contributed by atoms with Crippen LogP contribution in [0.3, 0.4) is 0 Å². The summed E-state index contributed by atoms with van der Waals surface area (Å²) in [4.78, 5) is 13.4. The number of hydrogen-bond donors (Lipinski definition) is 2. The third kappa shape index (κ3) is 4.22. The van der Waals surface area contributed by atoms with Gasteiger partial charge in [-0.2, -0.15) is 5.10 Å². The molecule has 118 valence electrons. The number of aliphatic hydroxyl groups excluding tert-OH is 1. The van der Waals surface area contributed by atoms with Crippen LogP contribution in [-0.2, 0) is 0 Å². The first kappa shape index (κ1) is 16.3. The second-order valence-corrected chi connectivity index (χ2v) is 5.32. The molecule has 0 spiro atoms.